The first kappa shape index (κ1) is 18.1. The van der Waals surface area contributed by atoms with Crippen molar-refractivity contribution in [1.82, 2.24) is 4.72 Å². The summed E-state index contributed by atoms with van der Waals surface area (Å²) in [4.78, 5) is 0.336. The number of hydrogen-bond donors (Lipinski definition) is 2. The van der Waals surface area contributed by atoms with Crippen molar-refractivity contribution in [3.63, 3.8) is 0 Å². The molecule has 5 heteroatoms. The molecule has 120 valence electrons. The van der Waals surface area contributed by atoms with E-state index in [9.17, 15) is 8.42 Å². The van der Waals surface area contributed by atoms with Crippen LogP contribution in [0, 0.1) is 5.92 Å². The Bertz CT molecular complexity index is 496. The molecule has 0 atom stereocenters. The lowest BCUT2D eigenvalue weighted by Crippen LogP contribution is -2.24. The summed E-state index contributed by atoms with van der Waals surface area (Å²) in [7, 11) is -3.37. The maximum atomic E-state index is 12.1. The zero-order valence-corrected chi connectivity index (χ0v) is 14.0. The van der Waals surface area contributed by atoms with E-state index in [0.717, 1.165) is 37.7 Å². The predicted octanol–water partition coefficient (Wildman–Crippen LogP) is 2.68. The minimum atomic E-state index is -3.37. The second-order valence-corrected chi connectivity index (χ2v) is 7.59. The third kappa shape index (κ3) is 7.07. The molecule has 1 aromatic carbocycles. The minimum Gasteiger partial charge on any atom is -0.330 e. The molecule has 3 N–H and O–H groups in total. The fourth-order valence-electron chi connectivity index (χ4n) is 2.11. The molecule has 0 amide bonds. The highest BCUT2D eigenvalue weighted by molar-refractivity contribution is 7.89. The van der Waals surface area contributed by atoms with E-state index in [2.05, 4.69) is 18.6 Å². The van der Waals surface area contributed by atoms with Crippen molar-refractivity contribution in [1.29, 1.82) is 0 Å². The Hall–Kier alpha value is -0.910. The smallest absolute Gasteiger partial charge is 0.240 e. The zero-order valence-electron chi connectivity index (χ0n) is 13.1. The Kier molecular flexibility index (Phi) is 7.93. The number of sulfonamides is 1. The highest BCUT2D eigenvalue weighted by Gasteiger charge is 2.12. The molecule has 1 rings (SSSR count). The SMILES string of the molecule is CC(C)CCCCNS(=O)(=O)c1ccc(CCCN)cc1. The molecule has 0 aliphatic rings. The first-order valence-corrected chi connectivity index (χ1v) is 9.22. The number of aryl methyl sites for hydroxylation is 1. The number of benzene rings is 1. The van der Waals surface area contributed by atoms with Crippen LogP contribution in [0.5, 0.6) is 0 Å². The van der Waals surface area contributed by atoms with Gasteiger partial charge in [-0.2, -0.15) is 0 Å². The van der Waals surface area contributed by atoms with Crippen molar-refractivity contribution in [2.75, 3.05) is 13.1 Å². The molecule has 0 unspecified atom stereocenters. The van der Waals surface area contributed by atoms with Gasteiger partial charge in [0.2, 0.25) is 10.0 Å². The van der Waals surface area contributed by atoms with E-state index >= 15 is 0 Å². The number of rotatable bonds is 10. The number of nitrogens with one attached hydrogen (secondary N) is 1. The molecular weight excluding hydrogens is 284 g/mol. The number of unbranched alkanes of at least 4 members (excludes halogenated alkanes) is 1. The van der Waals surface area contributed by atoms with Crippen LogP contribution in [-0.2, 0) is 16.4 Å². The molecule has 1 aromatic rings. The van der Waals surface area contributed by atoms with Crippen LogP contribution >= 0.6 is 0 Å². The molecule has 4 nitrogen and oxygen atoms in total. The lowest BCUT2D eigenvalue weighted by molar-refractivity contribution is 0.530. The van der Waals surface area contributed by atoms with Crippen LogP contribution in [0.3, 0.4) is 0 Å². The predicted molar refractivity (Wildman–Crippen MR) is 87.7 cm³/mol. The summed E-state index contributed by atoms with van der Waals surface area (Å²) in [6.07, 6.45) is 4.88. The number of hydrogen-bond acceptors (Lipinski definition) is 3. The van der Waals surface area contributed by atoms with Gasteiger partial charge in [-0.1, -0.05) is 38.8 Å². The van der Waals surface area contributed by atoms with Crippen molar-refractivity contribution in [3.05, 3.63) is 29.8 Å². The molecule has 0 aliphatic heterocycles. The van der Waals surface area contributed by atoms with Gasteiger partial charge in [0.25, 0.3) is 0 Å². The Morgan fingerprint density at radius 1 is 1.10 bits per heavy atom. The van der Waals surface area contributed by atoms with Gasteiger partial charge in [0.15, 0.2) is 0 Å². The van der Waals surface area contributed by atoms with Gasteiger partial charge in [-0.25, -0.2) is 13.1 Å². The summed E-state index contributed by atoms with van der Waals surface area (Å²) < 4.78 is 26.9. The monoisotopic (exact) mass is 312 g/mol. The second-order valence-electron chi connectivity index (χ2n) is 5.82. The average molecular weight is 312 g/mol. The normalized spacial score (nSPS) is 12.0. The van der Waals surface area contributed by atoms with Gasteiger partial charge in [0.1, 0.15) is 0 Å². The highest BCUT2D eigenvalue weighted by atomic mass is 32.2. The van der Waals surface area contributed by atoms with Gasteiger partial charge in [-0.3, -0.25) is 0 Å². The molecule has 0 fully saturated rings. The van der Waals surface area contributed by atoms with Crippen molar-refractivity contribution in [2.45, 2.75) is 50.8 Å². The fraction of sp³-hybridized carbons (Fsp3) is 0.625. The molecule has 0 saturated heterocycles. The van der Waals surface area contributed by atoms with E-state index in [4.69, 9.17) is 5.73 Å². The Balaban J connectivity index is 2.46. The maximum absolute atomic E-state index is 12.1. The minimum absolute atomic E-state index is 0.336. The zero-order chi connectivity index (χ0) is 15.7. The maximum Gasteiger partial charge on any atom is 0.240 e. The molecule has 0 aliphatic carbocycles. The van der Waals surface area contributed by atoms with Gasteiger partial charge in [0.05, 0.1) is 4.90 Å². The first-order chi connectivity index (χ1) is 9.95. The Morgan fingerprint density at radius 3 is 2.33 bits per heavy atom. The fourth-order valence-corrected chi connectivity index (χ4v) is 3.18. The molecule has 0 radical (unpaired) electrons. The highest BCUT2D eigenvalue weighted by Crippen LogP contribution is 2.12. The van der Waals surface area contributed by atoms with Gasteiger partial charge in [-0.05, 0) is 49.4 Å². The van der Waals surface area contributed by atoms with E-state index < -0.39 is 10.0 Å². The molecule has 0 heterocycles. The van der Waals surface area contributed by atoms with Gasteiger partial charge in [0, 0.05) is 6.54 Å². The van der Waals surface area contributed by atoms with E-state index in [1.54, 1.807) is 12.1 Å². The molecule has 21 heavy (non-hydrogen) atoms. The van der Waals surface area contributed by atoms with Crippen molar-refractivity contribution >= 4 is 10.0 Å². The summed E-state index contributed by atoms with van der Waals surface area (Å²) in [6.45, 7) is 5.51. The van der Waals surface area contributed by atoms with Crippen LogP contribution in [-0.4, -0.2) is 21.5 Å². The van der Waals surface area contributed by atoms with Gasteiger partial charge in [-0.15, -0.1) is 0 Å². The summed E-state index contributed by atoms with van der Waals surface area (Å²) >= 11 is 0. The van der Waals surface area contributed by atoms with E-state index in [1.807, 2.05) is 12.1 Å². The Labute approximate surface area is 129 Å². The molecular formula is C16H28N2O2S. The van der Waals surface area contributed by atoms with Crippen LogP contribution < -0.4 is 10.5 Å². The lowest BCUT2D eigenvalue weighted by Gasteiger charge is -2.08. The largest absolute Gasteiger partial charge is 0.330 e. The van der Waals surface area contributed by atoms with E-state index in [1.165, 1.54) is 0 Å². The molecule has 0 spiro atoms. The van der Waals surface area contributed by atoms with Crippen molar-refractivity contribution < 1.29 is 8.42 Å². The van der Waals surface area contributed by atoms with E-state index in [0.29, 0.717) is 23.9 Å². The molecule has 0 bridgehead atoms. The lowest BCUT2D eigenvalue weighted by atomic mass is 10.1. The van der Waals surface area contributed by atoms with Gasteiger partial charge < -0.3 is 5.73 Å². The Morgan fingerprint density at radius 2 is 1.76 bits per heavy atom. The van der Waals surface area contributed by atoms with E-state index in [-0.39, 0.29) is 0 Å². The van der Waals surface area contributed by atoms with Crippen LogP contribution in [0.25, 0.3) is 0 Å². The summed E-state index contributed by atoms with van der Waals surface area (Å²) in [5.41, 5.74) is 6.59. The van der Waals surface area contributed by atoms with Crippen molar-refractivity contribution in [3.8, 4) is 0 Å². The van der Waals surface area contributed by atoms with Crippen LogP contribution in [0.15, 0.2) is 29.2 Å². The van der Waals surface area contributed by atoms with Crippen LogP contribution in [0.4, 0.5) is 0 Å². The third-order valence-corrected chi connectivity index (χ3v) is 4.88. The standard InChI is InChI=1S/C16H28N2O2S/c1-14(2)6-3-4-13-18-21(19,20)16-10-8-15(9-11-16)7-5-12-17/h8-11,14,18H,3-7,12-13,17H2,1-2H3. The quantitative estimate of drug-likeness (QED) is 0.652. The average Bonchev–Trinajstić information content (AvgIpc) is 2.44. The van der Waals surface area contributed by atoms with Crippen LogP contribution in [0.2, 0.25) is 0 Å². The number of nitrogens with two attached hydrogens (primary N) is 1. The molecule has 0 saturated carbocycles. The van der Waals surface area contributed by atoms with Crippen molar-refractivity contribution in [2.24, 2.45) is 11.7 Å². The topological polar surface area (TPSA) is 72.2 Å². The summed E-state index contributed by atoms with van der Waals surface area (Å²) in [6, 6.07) is 7.07. The third-order valence-electron chi connectivity index (χ3n) is 3.40. The second kappa shape index (κ2) is 9.18. The summed E-state index contributed by atoms with van der Waals surface area (Å²) in [5, 5.41) is 0. The van der Waals surface area contributed by atoms with Gasteiger partial charge >= 0.3 is 0 Å². The molecule has 0 aromatic heterocycles. The van der Waals surface area contributed by atoms with Crippen LogP contribution in [0.1, 0.15) is 45.1 Å². The first-order valence-electron chi connectivity index (χ1n) is 7.74. The summed E-state index contributed by atoms with van der Waals surface area (Å²) in [5.74, 6) is 0.669.